The molecule has 0 bridgehead atoms. The molecule has 0 fully saturated rings. The molecule has 2 N–H and O–H groups in total. The lowest BCUT2D eigenvalue weighted by molar-refractivity contribution is 0.0732. The molecule has 0 spiro atoms. The summed E-state index contributed by atoms with van der Waals surface area (Å²) in [7, 11) is 1.69. The van der Waals surface area contributed by atoms with E-state index in [1.54, 1.807) is 36.2 Å². The zero-order valence-corrected chi connectivity index (χ0v) is 14.3. The van der Waals surface area contributed by atoms with Gasteiger partial charge in [-0.25, -0.2) is 9.18 Å². The highest BCUT2D eigenvalue weighted by molar-refractivity contribution is 5.97. The molecule has 4 rings (SSSR count). The predicted molar refractivity (Wildman–Crippen MR) is 93.4 cm³/mol. The minimum absolute atomic E-state index is 0.0955. The average molecular weight is 355 g/mol. The Morgan fingerprint density at radius 2 is 2.00 bits per heavy atom. The molecular formula is C19H18FN3O3. The van der Waals surface area contributed by atoms with Crippen LogP contribution in [-0.4, -0.2) is 40.4 Å². The Bertz CT molecular complexity index is 928. The van der Waals surface area contributed by atoms with E-state index in [0.717, 1.165) is 17.2 Å². The smallest absolute Gasteiger partial charge is 0.321 e. The number of nitrogens with one attached hydrogen (secondary N) is 1. The number of hydrogen-bond acceptors (Lipinski definition) is 3. The molecule has 0 radical (unpaired) electrons. The Labute approximate surface area is 149 Å². The van der Waals surface area contributed by atoms with Crippen molar-refractivity contribution in [1.29, 1.82) is 0 Å². The van der Waals surface area contributed by atoms with E-state index >= 15 is 0 Å². The topological polar surface area (TPSA) is 72.9 Å². The first-order valence-electron chi connectivity index (χ1n) is 8.37. The molecule has 26 heavy (non-hydrogen) atoms. The van der Waals surface area contributed by atoms with E-state index in [2.05, 4.69) is 5.32 Å². The van der Waals surface area contributed by atoms with Crippen LogP contribution in [0.3, 0.4) is 0 Å². The van der Waals surface area contributed by atoms with Gasteiger partial charge < -0.3 is 20.2 Å². The largest absolute Gasteiger partial charge is 0.508 e. The summed E-state index contributed by atoms with van der Waals surface area (Å²) < 4.78 is 14.1. The van der Waals surface area contributed by atoms with Crippen molar-refractivity contribution in [1.82, 2.24) is 9.80 Å². The van der Waals surface area contributed by atoms with Gasteiger partial charge in [0.25, 0.3) is 5.91 Å². The van der Waals surface area contributed by atoms with Crippen molar-refractivity contribution in [2.24, 2.45) is 0 Å². The maximum absolute atomic E-state index is 14.1. The Morgan fingerprint density at radius 3 is 2.81 bits per heavy atom. The summed E-state index contributed by atoms with van der Waals surface area (Å²) in [5.41, 5.74) is 3.27. The highest BCUT2D eigenvalue weighted by Gasteiger charge is 2.26. The van der Waals surface area contributed by atoms with Crippen LogP contribution in [0.2, 0.25) is 0 Å². The van der Waals surface area contributed by atoms with Crippen LogP contribution < -0.4 is 5.32 Å². The lowest BCUT2D eigenvalue weighted by atomic mass is 9.97. The molecule has 7 heteroatoms. The Morgan fingerprint density at radius 1 is 1.19 bits per heavy atom. The normalized spacial score (nSPS) is 16.0. The lowest BCUT2D eigenvalue weighted by Crippen LogP contribution is -2.37. The van der Waals surface area contributed by atoms with Gasteiger partial charge in [-0.2, -0.15) is 0 Å². The van der Waals surface area contributed by atoms with E-state index in [9.17, 15) is 19.1 Å². The van der Waals surface area contributed by atoms with Gasteiger partial charge in [-0.05, 0) is 41.8 Å². The van der Waals surface area contributed by atoms with E-state index in [-0.39, 0.29) is 24.2 Å². The number of carbonyl (C=O) groups excluding carboxylic acids is 2. The van der Waals surface area contributed by atoms with Crippen LogP contribution in [0.25, 0.3) is 0 Å². The number of rotatable bonds is 1. The van der Waals surface area contributed by atoms with E-state index in [1.165, 1.54) is 4.90 Å². The Hall–Kier alpha value is -3.09. The number of fused-ring (bicyclic) bond motifs is 2. The number of urea groups is 1. The van der Waals surface area contributed by atoms with Crippen LogP contribution in [0, 0.1) is 5.82 Å². The summed E-state index contributed by atoms with van der Waals surface area (Å²) in [6, 6.07) is 7.63. The lowest BCUT2D eigenvalue weighted by Gasteiger charge is -2.30. The number of aromatic hydroxyl groups is 1. The van der Waals surface area contributed by atoms with Crippen LogP contribution in [0.1, 0.15) is 27.0 Å². The first-order chi connectivity index (χ1) is 12.4. The van der Waals surface area contributed by atoms with Gasteiger partial charge in [-0.3, -0.25) is 4.79 Å². The number of phenolic OH excluding ortho intramolecular Hbond substituents is 1. The first kappa shape index (κ1) is 16.4. The third kappa shape index (κ3) is 2.75. The summed E-state index contributed by atoms with van der Waals surface area (Å²) in [6.45, 7) is 1.06. The van der Waals surface area contributed by atoms with Crippen molar-refractivity contribution in [3.8, 4) is 5.75 Å². The second-order valence-electron chi connectivity index (χ2n) is 6.70. The van der Waals surface area contributed by atoms with Crippen molar-refractivity contribution in [2.45, 2.75) is 19.5 Å². The van der Waals surface area contributed by atoms with Gasteiger partial charge >= 0.3 is 6.03 Å². The number of nitrogens with zero attached hydrogens (tertiary/aromatic N) is 2. The number of halogens is 1. The fourth-order valence-corrected chi connectivity index (χ4v) is 3.48. The number of anilines is 1. The van der Waals surface area contributed by atoms with E-state index in [1.807, 2.05) is 0 Å². The van der Waals surface area contributed by atoms with E-state index in [0.29, 0.717) is 36.3 Å². The molecule has 0 unspecified atom stereocenters. The maximum atomic E-state index is 14.1. The predicted octanol–water partition coefficient (Wildman–Crippen LogP) is 2.71. The molecule has 2 aliphatic rings. The second kappa shape index (κ2) is 6.01. The fraction of sp³-hybridized carbons (Fsp3) is 0.263. The zero-order chi connectivity index (χ0) is 18.4. The van der Waals surface area contributed by atoms with Gasteiger partial charge in [0.05, 0.1) is 0 Å². The molecule has 2 aliphatic heterocycles. The first-order valence-corrected chi connectivity index (χ1v) is 8.37. The van der Waals surface area contributed by atoms with Crippen molar-refractivity contribution < 1.29 is 19.1 Å². The van der Waals surface area contributed by atoms with Crippen molar-refractivity contribution in [2.75, 3.05) is 18.9 Å². The van der Waals surface area contributed by atoms with Crippen molar-refractivity contribution in [3.05, 3.63) is 58.4 Å². The molecule has 0 aliphatic carbocycles. The van der Waals surface area contributed by atoms with E-state index in [4.69, 9.17) is 0 Å². The molecule has 2 aromatic rings. The molecule has 0 saturated carbocycles. The quantitative estimate of drug-likeness (QED) is 0.826. The second-order valence-corrected chi connectivity index (χ2v) is 6.70. The van der Waals surface area contributed by atoms with Gasteiger partial charge in [0.1, 0.15) is 11.6 Å². The fourth-order valence-electron chi connectivity index (χ4n) is 3.48. The summed E-state index contributed by atoms with van der Waals surface area (Å²) in [5, 5.41) is 12.3. The van der Waals surface area contributed by atoms with Crippen LogP contribution in [0.15, 0.2) is 30.3 Å². The van der Waals surface area contributed by atoms with Gasteiger partial charge in [-0.1, -0.05) is 0 Å². The summed E-state index contributed by atoms with van der Waals surface area (Å²) in [4.78, 5) is 27.7. The maximum Gasteiger partial charge on any atom is 0.321 e. The van der Waals surface area contributed by atoms with E-state index < -0.39 is 5.82 Å². The number of benzene rings is 2. The Kier molecular flexibility index (Phi) is 3.79. The van der Waals surface area contributed by atoms with Crippen LogP contribution in [0.5, 0.6) is 5.75 Å². The SMILES string of the molecule is CN1Cc2cc(C(=O)N3CCc4cc(O)cc(F)c4C3)ccc2NC1=O. The molecule has 0 atom stereocenters. The zero-order valence-electron chi connectivity index (χ0n) is 14.3. The number of amides is 3. The van der Waals surface area contributed by atoms with Gasteiger partial charge in [-0.15, -0.1) is 0 Å². The van der Waals surface area contributed by atoms with Crippen molar-refractivity contribution in [3.63, 3.8) is 0 Å². The molecule has 134 valence electrons. The van der Waals surface area contributed by atoms with Crippen LogP contribution in [0.4, 0.5) is 14.9 Å². The summed E-state index contributed by atoms with van der Waals surface area (Å²) in [5.74, 6) is -0.764. The van der Waals surface area contributed by atoms with Crippen LogP contribution in [-0.2, 0) is 19.5 Å². The molecule has 3 amide bonds. The molecular weight excluding hydrogens is 337 g/mol. The minimum Gasteiger partial charge on any atom is -0.508 e. The summed E-state index contributed by atoms with van der Waals surface area (Å²) >= 11 is 0. The van der Waals surface area contributed by atoms with Gasteiger partial charge in [0.15, 0.2) is 0 Å². The number of phenols is 1. The number of carbonyl (C=O) groups is 2. The molecule has 2 aromatic carbocycles. The average Bonchev–Trinajstić information content (AvgIpc) is 2.61. The third-order valence-corrected chi connectivity index (χ3v) is 4.91. The Balaban J connectivity index is 1.59. The monoisotopic (exact) mass is 355 g/mol. The summed E-state index contributed by atoms with van der Waals surface area (Å²) in [6.07, 6.45) is 0.496. The molecule has 2 heterocycles. The molecule has 0 aromatic heterocycles. The minimum atomic E-state index is -0.493. The molecule has 0 saturated heterocycles. The van der Waals surface area contributed by atoms with Crippen LogP contribution >= 0.6 is 0 Å². The number of hydrogen-bond donors (Lipinski definition) is 2. The van der Waals surface area contributed by atoms with Gasteiger partial charge in [0, 0.05) is 49.6 Å². The highest BCUT2D eigenvalue weighted by Crippen LogP contribution is 2.28. The highest BCUT2D eigenvalue weighted by atomic mass is 19.1. The molecule has 6 nitrogen and oxygen atoms in total. The third-order valence-electron chi connectivity index (χ3n) is 4.91. The standard InChI is InChI=1S/C19H18FN3O3/c1-22-9-13-6-12(2-3-17(13)21-19(22)26)18(25)23-5-4-11-7-14(24)8-16(20)15(11)10-23/h2-3,6-8,24H,4-5,9-10H2,1H3,(H,21,26). The van der Waals surface area contributed by atoms with Gasteiger partial charge in [0.2, 0.25) is 0 Å². The van der Waals surface area contributed by atoms with Crippen molar-refractivity contribution >= 4 is 17.6 Å².